The first-order valence-corrected chi connectivity index (χ1v) is 8.47. The molecule has 0 aliphatic carbocycles. The Hall–Kier alpha value is -2.34. The third-order valence-corrected chi connectivity index (χ3v) is 4.80. The van der Waals surface area contributed by atoms with Crippen LogP contribution in [0.1, 0.15) is 25.3 Å². The number of hydrogen-bond acceptors (Lipinski definition) is 4. The number of aromatic amines is 1. The number of rotatable bonds is 1. The molecule has 2 aliphatic heterocycles. The Labute approximate surface area is 144 Å². The van der Waals surface area contributed by atoms with E-state index in [1.807, 2.05) is 12.3 Å². The number of carbonyl (C=O) groups is 1. The zero-order chi connectivity index (χ0) is 16.7. The molecule has 1 saturated heterocycles. The van der Waals surface area contributed by atoms with Crippen molar-refractivity contribution in [2.45, 2.75) is 19.8 Å². The molecule has 2 aliphatic rings. The Morgan fingerprint density at radius 1 is 1.38 bits per heavy atom. The highest BCUT2D eigenvalue weighted by molar-refractivity contribution is 6.31. The summed E-state index contributed by atoms with van der Waals surface area (Å²) in [7, 11) is 0. The maximum atomic E-state index is 12.2. The molecule has 0 radical (unpaired) electrons. The molecular formula is C17H18ClN5O. The van der Waals surface area contributed by atoms with Gasteiger partial charge in [0.05, 0.1) is 5.02 Å². The Morgan fingerprint density at radius 2 is 2.17 bits per heavy atom. The van der Waals surface area contributed by atoms with Crippen LogP contribution in [0, 0.1) is 5.92 Å². The summed E-state index contributed by atoms with van der Waals surface area (Å²) in [5.41, 5.74) is 1.99. The number of hydrogen-bond donors (Lipinski definition) is 2. The van der Waals surface area contributed by atoms with Gasteiger partial charge in [-0.15, -0.1) is 0 Å². The number of carbonyl (C=O) groups excluding carboxylic acids is 1. The Bertz CT molecular complexity index is 861. The fourth-order valence-electron chi connectivity index (χ4n) is 3.09. The van der Waals surface area contributed by atoms with E-state index in [-0.39, 0.29) is 5.91 Å². The smallest absolute Gasteiger partial charge is 0.276 e. The summed E-state index contributed by atoms with van der Waals surface area (Å²) in [6, 6.07) is 1.83. The molecule has 6 nitrogen and oxygen atoms in total. The molecule has 2 N–H and O–H groups in total. The number of nitrogens with zero attached hydrogens (tertiary/aromatic N) is 3. The first kappa shape index (κ1) is 15.2. The number of aromatic nitrogens is 2. The number of pyridine rings is 1. The molecule has 1 amide bonds. The molecule has 124 valence electrons. The van der Waals surface area contributed by atoms with E-state index in [4.69, 9.17) is 11.6 Å². The summed E-state index contributed by atoms with van der Waals surface area (Å²) in [4.78, 5) is 26.2. The highest BCUT2D eigenvalue weighted by Crippen LogP contribution is 2.24. The van der Waals surface area contributed by atoms with Crippen LogP contribution in [0.2, 0.25) is 5.02 Å². The van der Waals surface area contributed by atoms with E-state index in [0.29, 0.717) is 16.7 Å². The molecule has 0 atom stereocenters. The first-order valence-electron chi connectivity index (χ1n) is 8.09. The van der Waals surface area contributed by atoms with Crippen molar-refractivity contribution < 1.29 is 4.79 Å². The molecule has 7 heteroatoms. The first-order chi connectivity index (χ1) is 11.6. The molecule has 0 saturated carbocycles. The van der Waals surface area contributed by atoms with Crippen LogP contribution in [0.5, 0.6) is 0 Å². The third-order valence-electron chi connectivity index (χ3n) is 4.59. The standard InChI is InChI=1S/C17H18ClN5O/c1-10-2-4-23(5-3-10)17-21-14(16(24)22-17)6-11-8-19-15-13(11)7-12(18)9-20-15/h6-10H,2-5H2,1H3,(H,19,20)(H,21,22,24)/b14-6-. The predicted molar refractivity (Wildman–Crippen MR) is 94.6 cm³/mol. The van der Waals surface area contributed by atoms with Crippen LogP contribution in [0.25, 0.3) is 17.1 Å². The summed E-state index contributed by atoms with van der Waals surface area (Å²) < 4.78 is 0. The van der Waals surface area contributed by atoms with E-state index in [9.17, 15) is 4.79 Å². The van der Waals surface area contributed by atoms with Gasteiger partial charge < -0.3 is 9.88 Å². The monoisotopic (exact) mass is 343 g/mol. The van der Waals surface area contributed by atoms with E-state index < -0.39 is 0 Å². The number of guanidine groups is 1. The van der Waals surface area contributed by atoms with Crippen molar-refractivity contribution >= 4 is 40.6 Å². The third kappa shape index (κ3) is 2.78. The number of piperidine rings is 1. The van der Waals surface area contributed by atoms with Gasteiger partial charge in [0.1, 0.15) is 11.3 Å². The molecule has 0 aromatic carbocycles. The normalized spacial score (nSPS) is 20.8. The van der Waals surface area contributed by atoms with Crippen LogP contribution in [0.3, 0.4) is 0 Å². The van der Waals surface area contributed by atoms with E-state index >= 15 is 0 Å². The molecule has 0 spiro atoms. The van der Waals surface area contributed by atoms with Gasteiger partial charge in [-0.05, 0) is 30.9 Å². The SMILES string of the molecule is CC1CCN(C2=N/C(=C\c3c[nH]c4ncc(Cl)cc34)C(=O)N2)CC1. The average Bonchev–Trinajstić information content (AvgIpc) is 3.13. The highest BCUT2D eigenvalue weighted by atomic mass is 35.5. The molecule has 1 fully saturated rings. The number of nitrogens with one attached hydrogen (secondary N) is 2. The second kappa shape index (κ2) is 5.94. The van der Waals surface area contributed by atoms with E-state index in [1.54, 1.807) is 12.3 Å². The minimum atomic E-state index is -0.173. The van der Waals surface area contributed by atoms with Crippen molar-refractivity contribution in [2.75, 3.05) is 13.1 Å². The maximum Gasteiger partial charge on any atom is 0.276 e. The zero-order valence-electron chi connectivity index (χ0n) is 13.3. The molecular weight excluding hydrogens is 326 g/mol. The summed E-state index contributed by atoms with van der Waals surface area (Å²) >= 11 is 6.02. The van der Waals surface area contributed by atoms with Crippen LogP contribution in [-0.2, 0) is 4.79 Å². The van der Waals surface area contributed by atoms with Crippen LogP contribution in [0.4, 0.5) is 0 Å². The molecule has 4 heterocycles. The molecule has 0 bridgehead atoms. The lowest BCUT2D eigenvalue weighted by molar-refractivity contribution is -0.115. The second-order valence-electron chi connectivity index (χ2n) is 6.38. The Morgan fingerprint density at radius 3 is 2.96 bits per heavy atom. The lowest BCUT2D eigenvalue weighted by Gasteiger charge is -2.31. The Kier molecular flexibility index (Phi) is 3.76. The molecule has 4 rings (SSSR count). The maximum absolute atomic E-state index is 12.2. The minimum absolute atomic E-state index is 0.173. The fourth-order valence-corrected chi connectivity index (χ4v) is 3.25. The van der Waals surface area contributed by atoms with Gasteiger partial charge >= 0.3 is 0 Å². The second-order valence-corrected chi connectivity index (χ2v) is 6.82. The lowest BCUT2D eigenvalue weighted by Crippen LogP contribution is -2.44. The number of amides is 1. The van der Waals surface area contributed by atoms with Crippen LogP contribution < -0.4 is 5.32 Å². The van der Waals surface area contributed by atoms with E-state index in [1.165, 1.54) is 0 Å². The van der Waals surface area contributed by atoms with Gasteiger partial charge in [0.25, 0.3) is 5.91 Å². The van der Waals surface area contributed by atoms with Crippen molar-refractivity contribution in [3.8, 4) is 0 Å². The fraction of sp³-hybridized carbons (Fsp3) is 0.353. The minimum Gasteiger partial charge on any atom is -0.346 e. The topological polar surface area (TPSA) is 73.4 Å². The summed E-state index contributed by atoms with van der Waals surface area (Å²) in [6.07, 6.45) is 7.42. The van der Waals surface area contributed by atoms with Gasteiger partial charge in [-0.2, -0.15) is 0 Å². The molecule has 2 aromatic heterocycles. The van der Waals surface area contributed by atoms with Crippen molar-refractivity contribution in [2.24, 2.45) is 10.9 Å². The summed E-state index contributed by atoms with van der Waals surface area (Å²) in [5.74, 6) is 1.22. The summed E-state index contributed by atoms with van der Waals surface area (Å²) in [6.45, 7) is 4.12. The van der Waals surface area contributed by atoms with Crippen molar-refractivity contribution in [1.82, 2.24) is 20.2 Å². The van der Waals surface area contributed by atoms with Crippen LogP contribution in [0.15, 0.2) is 29.1 Å². The van der Waals surface area contributed by atoms with E-state index in [2.05, 4.69) is 32.1 Å². The molecule has 2 aromatic rings. The number of likely N-dealkylation sites (tertiary alicyclic amines) is 1. The highest BCUT2D eigenvalue weighted by Gasteiger charge is 2.27. The molecule has 0 unspecified atom stereocenters. The van der Waals surface area contributed by atoms with Gasteiger partial charge in [-0.25, -0.2) is 9.98 Å². The number of fused-ring (bicyclic) bond motifs is 1. The summed E-state index contributed by atoms with van der Waals surface area (Å²) in [5, 5.41) is 4.31. The van der Waals surface area contributed by atoms with Gasteiger partial charge in [-0.1, -0.05) is 18.5 Å². The molecule has 24 heavy (non-hydrogen) atoms. The zero-order valence-corrected chi connectivity index (χ0v) is 14.1. The number of aliphatic imine (C=N–C) groups is 1. The predicted octanol–water partition coefficient (Wildman–Crippen LogP) is 2.77. The van der Waals surface area contributed by atoms with E-state index in [0.717, 1.165) is 48.4 Å². The van der Waals surface area contributed by atoms with Crippen LogP contribution in [-0.4, -0.2) is 39.8 Å². The van der Waals surface area contributed by atoms with Crippen molar-refractivity contribution in [3.05, 3.63) is 34.7 Å². The van der Waals surface area contributed by atoms with Gasteiger partial charge in [-0.3, -0.25) is 10.1 Å². The number of halogens is 1. The van der Waals surface area contributed by atoms with Gasteiger partial charge in [0.2, 0.25) is 5.96 Å². The van der Waals surface area contributed by atoms with Crippen molar-refractivity contribution in [3.63, 3.8) is 0 Å². The lowest BCUT2D eigenvalue weighted by atomic mass is 10.00. The van der Waals surface area contributed by atoms with Crippen LogP contribution >= 0.6 is 11.6 Å². The quantitative estimate of drug-likeness (QED) is 0.782. The number of H-pyrrole nitrogens is 1. The van der Waals surface area contributed by atoms with Gasteiger partial charge in [0, 0.05) is 36.4 Å². The van der Waals surface area contributed by atoms with Crippen molar-refractivity contribution in [1.29, 1.82) is 0 Å². The average molecular weight is 344 g/mol. The largest absolute Gasteiger partial charge is 0.346 e. The van der Waals surface area contributed by atoms with Gasteiger partial charge in [0.15, 0.2) is 0 Å². The Balaban J connectivity index is 1.64.